The van der Waals surface area contributed by atoms with Crippen LogP contribution in [0, 0.1) is 20.8 Å². The van der Waals surface area contributed by atoms with Crippen LogP contribution < -0.4 is 0 Å². The first-order chi connectivity index (χ1) is 9.58. The Hall–Kier alpha value is -1.60. The Labute approximate surface area is 121 Å². The highest BCUT2D eigenvalue weighted by atomic mass is 16.3. The van der Waals surface area contributed by atoms with Gasteiger partial charge in [-0.1, -0.05) is 36.4 Å². The molecule has 1 fully saturated rings. The standard InChI is InChI=1S/C19H22O/c1-12-10-14(3)18(11-13(12)2)19(20)17-7-5-4-6-16(17)15-8-9-15/h4-7,10-11,15,19-20H,8-9H2,1-3H3. The van der Waals surface area contributed by atoms with E-state index in [1.807, 2.05) is 6.07 Å². The predicted molar refractivity (Wildman–Crippen MR) is 83.1 cm³/mol. The Bertz CT molecular complexity index is 638. The summed E-state index contributed by atoms with van der Waals surface area (Å²) in [6, 6.07) is 12.7. The van der Waals surface area contributed by atoms with Gasteiger partial charge in [0.15, 0.2) is 0 Å². The highest BCUT2D eigenvalue weighted by molar-refractivity contribution is 5.44. The molecule has 1 nitrogen and oxygen atoms in total. The summed E-state index contributed by atoms with van der Waals surface area (Å²) < 4.78 is 0. The summed E-state index contributed by atoms with van der Waals surface area (Å²) in [5, 5.41) is 10.8. The molecule has 1 unspecified atom stereocenters. The van der Waals surface area contributed by atoms with Crippen LogP contribution in [0.2, 0.25) is 0 Å². The van der Waals surface area contributed by atoms with Gasteiger partial charge in [0.1, 0.15) is 6.10 Å². The van der Waals surface area contributed by atoms with E-state index in [1.165, 1.54) is 35.1 Å². The monoisotopic (exact) mass is 266 g/mol. The van der Waals surface area contributed by atoms with Crippen LogP contribution >= 0.6 is 0 Å². The van der Waals surface area contributed by atoms with E-state index in [4.69, 9.17) is 0 Å². The first-order valence-electron chi connectivity index (χ1n) is 7.42. The lowest BCUT2D eigenvalue weighted by Crippen LogP contribution is -2.06. The summed E-state index contributed by atoms with van der Waals surface area (Å²) in [6.45, 7) is 6.32. The highest BCUT2D eigenvalue weighted by Crippen LogP contribution is 2.44. The second-order valence-electron chi connectivity index (χ2n) is 6.10. The summed E-state index contributed by atoms with van der Waals surface area (Å²) in [5.74, 6) is 0.660. The lowest BCUT2D eigenvalue weighted by Gasteiger charge is -2.19. The van der Waals surface area contributed by atoms with Crippen molar-refractivity contribution in [1.29, 1.82) is 0 Å². The van der Waals surface area contributed by atoms with Gasteiger partial charge in [0.2, 0.25) is 0 Å². The number of aliphatic hydroxyl groups excluding tert-OH is 1. The zero-order chi connectivity index (χ0) is 14.3. The fraction of sp³-hybridized carbons (Fsp3) is 0.368. The normalized spacial score (nSPS) is 16.2. The third kappa shape index (κ3) is 2.38. The van der Waals surface area contributed by atoms with Crippen LogP contribution in [0.3, 0.4) is 0 Å². The summed E-state index contributed by atoms with van der Waals surface area (Å²) in [5.41, 5.74) is 7.16. The molecular formula is C19H22O. The average molecular weight is 266 g/mol. The number of hydrogen-bond donors (Lipinski definition) is 1. The third-order valence-electron chi connectivity index (χ3n) is 4.48. The van der Waals surface area contributed by atoms with Gasteiger partial charge in [-0.25, -0.2) is 0 Å². The van der Waals surface area contributed by atoms with Crippen molar-refractivity contribution in [2.75, 3.05) is 0 Å². The van der Waals surface area contributed by atoms with Crippen LogP contribution in [-0.4, -0.2) is 5.11 Å². The first-order valence-corrected chi connectivity index (χ1v) is 7.42. The zero-order valence-electron chi connectivity index (χ0n) is 12.5. The van der Waals surface area contributed by atoms with Crippen molar-refractivity contribution in [3.63, 3.8) is 0 Å². The van der Waals surface area contributed by atoms with Crippen molar-refractivity contribution in [1.82, 2.24) is 0 Å². The van der Waals surface area contributed by atoms with Crippen LogP contribution in [0.4, 0.5) is 0 Å². The molecule has 1 atom stereocenters. The SMILES string of the molecule is Cc1cc(C)c(C(O)c2ccccc2C2CC2)cc1C. The van der Waals surface area contributed by atoms with Gasteiger partial charge in [0.05, 0.1) is 0 Å². The second kappa shape index (κ2) is 5.06. The Morgan fingerprint density at radius 3 is 2.25 bits per heavy atom. The quantitative estimate of drug-likeness (QED) is 0.862. The van der Waals surface area contributed by atoms with E-state index in [9.17, 15) is 5.11 Å². The van der Waals surface area contributed by atoms with E-state index >= 15 is 0 Å². The third-order valence-corrected chi connectivity index (χ3v) is 4.48. The summed E-state index contributed by atoms with van der Waals surface area (Å²) >= 11 is 0. The molecule has 0 aromatic heterocycles. The van der Waals surface area contributed by atoms with Gasteiger partial charge < -0.3 is 5.11 Å². The molecule has 104 valence electrons. The fourth-order valence-electron chi connectivity index (χ4n) is 2.97. The molecule has 1 saturated carbocycles. The van der Waals surface area contributed by atoms with Gasteiger partial charge in [0.25, 0.3) is 0 Å². The molecule has 1 aliphatic carbocycles. The van der Waals surface area contributed by atoms with Crippen molar-refractivity contribution in [3.05, 3.63) is 69.8 Å². The van der Waals surface area contributed by atoms with Gasteiger partial charge in [-0.05, 0) is 72.9 Å². The molecule has 0 radical (unpaired) electrons. The molecule has 3 rings (SSSR count). The van der Waals surface area contributed by atoms with E-state index in [0.29, 0.717) is 5.92 Å². The average Bonchev–Trinajstić information content (AvgIpc) is 3.26. The van der Waals surface area contributed by atoms with Gasteiger partial charge in [-0.3, -0.25) is 0 Å². The van der Waals surface area contributed by atoms with Gasteiger partial charge in [-0.15, -0.1) is 0 Å². The summed E-state index contributed by atoms with van der Waals surface area (Å²) in [4.78, 5) is 0. The van der Waals surface area contributed by atoms with Gasteiger partial charge in [-0.2, -0.15) is 0 Å². The predicted octanol–water partition coefficient (Wildman–Crippen LogP) is 4.57. The maximum Gasteiger partial charge on any atom is 0.105 e. The molecule has 2 aromatic carbocycles. The van der Waals surface area contributed by atoms with Gasteiger partial charge >= 0.3 is 0 Å². The van der Waals surface area contributed by atoms with Crippen molar-refractivity contribution >= 4 is 0 Å². The minimum Gasteiger partial charge on any atom is -0.384 e. The lowest BCUT2D eigenvalue weighted by molar-refractivity contribution is 0.218. The van der Waals surface area contributed by atoms with Crippen LogP contribution in [0.15, 0.2) is 36.4 Å². The highest BCUT2D eigenvalue weighted by Gasteiger charge is 2.28. The maximum atomic E-state index is 10.8. The Kier molecular flexibility index (Phi) is 3.39. The van der Waals surface area contributed by atoms with E-state index in [0.717, 1.165) is 11.1 Å². The number of benzene rings is 2. The Morgan fingerprint density at radius 1 is 0.900 bits per heavy atom. The number of rotatable bonds is 3. The summed E-state index contributed by atoms with van der Waals surface area (Å²) in [7, 11) is 0. The van der Waals surface area contributed by atoms with Crippen molar-refractivity contribution in [2.24, 2.45) is 0 Å². The van der Waals surface area contributed by atoms with Crippen LogP contribution in [0.25, 0.3) is 0 Å². The fourth-order valence-corrected chi connectivity index (χ4v) is 2.97. The lowest BCUT2D eigenvalue weighted by atomic mass is 9.90. The smallest absolute Gasteiger partial charge is 0.105 e. The van der Waals surface area contributed by atoms with Crippen LogP contribution in [-0.2, 0) is 0 Å². The van der Waals surface area contributed by atoms with Gasteiger partial charge in [0, 0.05) is 0 Å². The molecule has 0 amide bonds. The molecule has 20 heavy (non-hydrogen) atoms. The largest absolute Gasteiger partial charge is 0.384 e. The maximum absolute atomic E-state index is 10.8. The molecule has 2 aromatic rings. The molecule has 0 saturated heterocycles. The molecule has 0 spiro atoms. The minimum absolute atomic E-state index is 0.508. The molecule has 0 aliphatic heterocycles. The van der Waals surface area contributed by atoms with Crippen LogP contribution in [0.5, 0.6) is 0 Å². The topological polar surface area (TPSA) is 20.2 Å². The molecule has 0 heterocycles. The molecule has 1 N–H and O–H groups in total. The summed E-state index contributed by atoms with van der Waals surface area (Å²) in [6.07, 6.45) is 2.01. The number of aryl methyl sites for hydroxylation is 3. The Morgan fingerprint density at radius 2 is 1.55 bits per heavy atom. The van der Waals surface area contributed by atoms with Crippen molar-refractivity contribution < 1.29 is 5.11 Å². The van der Waals surface area contributed by atoms with Crippen molar-refractivity contribution in [3.8, 4) is 0 Å². The first kappa shape index (κ1) is 13.4. The van der Waals surface area contributed by atoms with Crippen molar-refractivity contribution in [2.45, 2.75) is 45.6 Å². The Balaban J connectivity index is 2.05. The molecule has 0 bridgehead atoms. The number of hydrogen-bond acceptors (Lipinski definition) is 1. The second-order valence-corrected chi connectivity index (χ2v) is 6.10. The molecular weight excluding hydrogens is 244 g/mol. The van der Waals surface area contributed by atoms with E-state index in [2.05, 4.69) is 51.1 Å². The minimum atomic E-state index is -0.508. The van der Waals surface area contributed by atoms with E-state index < -0.39 is 6.10 Å². The van der Waals surface area contributed by atoms with E-state index in [-0.39, 0.29) is 0 Å². The van der Waals surface area contributed by atoms with E-state index in [1.54, 1.807) is 0 Å². The number of aliphatic hydroxyl groups is 1. The molecule has 1 heteroatoms. The zero-order valence-corrected chi connectivity index (χ0v) is 12.5. The van der Waals surface area contributed by atoms with Crippen LogP contribution in [0.1, 0.15) is 58.2 Å². The molecule has 1 aliphatic rings.